The Morgan fingerprint density at radius 1 is 1.19 bits per heavy atom. The SMILES string of the molecule is O=C(NC1CCCCC1)c1nc(N2CCCC2)ncc1Cl. The summed E-state index contributed by atoms with van der Waals surface area (Å²) in [5, 5.41) is 3.39. The number of rotatable bonds is 3. The van der Waals surface area contributed by atoms with Gasteiger partial charge < -0.3 is 10.2 Å². The number of amides is 1. The van der Waals surface area contributed by atoms with Crippen LogP contribution in [-0.4, -0.2) is 35.0 Å². The lowest BCUT2D eigenvalue weighted by atomic mass is 9.95. The maximum absolute atomic E-state index is 12.4. The van der Waals surface area contributed by atoms with Crippen molar-refractivity contribution in [2.45, 2.75) is 51.0 Å². The average molecular weight is 309 g/mol. The minimum Gasteiger partial charge on any atom is -0.348 e. The first kappa shape index (κ1) is 14.6. The highest BCUT2D eigenvalue weighted by atomic mass is 35.5. The molecule has 1 saturated carbocycles. The van der Waals surface area contributed by atoms with Crippen molar-refractivity contribution >= 4 is 23.5 Å². The van der Waals surface area contributed by atoms with Gasteiger partial charge in [-0.25, -0.2) is 9.97 Å². The van der Waals surface area contributed by atoms with Crippen molar-refractivity contribution in [3.8, 4) is 0 Å². The monoisotopic (exact) mass is 308 g/mol. The smallest absolute Gasteiger partial charge is 0.271 e. The second-order valence-corrected chi connectivity index (χ2v) is 6.28. The first-order valence-corrected chi connectivity index (χ1v) is 8.20. The van der Waals surface area contributed by atoms with Gasteiger partial charge in [-0.1, -0.05) is 30.9 Å². The molecule has 2 fully saturated rings. The minimum absolute atomic E-state index is 0.172. The van der Waals surface area contributed by atoms with Gasteiger partial charge in [0.2, 0.25) is 5.95 Å². The van der Waals surface area contributed by atoms with E-state index in [2.05, 4.69) is 20.2 Å². The number of aromatic nitrogens is 2. The number of nitrogens with zero attached hydrogens (tertiary/aromatic N) is 3. The normalized spacial score (nSPS) is 19.8. The Hall–Kier alpha value is -1.36. The fraction of sp³-hybridized carbons (Fsp3) is 0.667. The maximum Gasteiger partial charge on any atom is 0.271 e. The van der Waals surface area contributed by atoms with E-state index in [0.717, 1.165) is 38.8 Å². The van der Waals surface area contributed by atoms with Gasteiger partial charge in [0, 0.05) is 19.1 Å². The lowest BCUT2D eigenvalue weighted by Crippen LogP contribution is -2.37. The van der Waals surface area contributed by atoms with Crippen LogP contribution in [0.4, 0.5) is 5.95 Å². The summed E-state index contributed by atoms with van der Waals surface area (Å²) < 4.78 is 0. The molecular weight excluding hydrogens is 288 g/mol. The Bertz CT molecular complexity index is 510. The molecule has 1 aliphatic heterocycles. The fourth-order valence-corrected chi connectivity index (χ4v) is 3.26. The summed E-state index contributed by atoms with van der Waals surface area (Å²) in [7, 11) is 0. The van der Waals surface area contributed by atoms with Crippen molar-refractivity contribution in [1.29, 1.82) is 0 Å². The van der Waals surface area contributed by atoms with E-state index in [0.29, 0.717) is 16.7 Å². The fourth-order valence-electron chi connectivity index (χ4n) is 3.09. The molecule has 1 amide bonds. The third-order valence-electron chi connectivity index (χ3n) is 4.28. The van der Waals surface area contributed by atoms with Crippen LogP contribution in [0.5, 0.6) is 0 Å². The molecule has 21 heavy (non-hydrogen) atoms. The predicted octanol–water partition coefficient (Wildman–Crippen LogP) is 2.79. The molecule has 1 saturated heterocycles. The third-order valence-corrected chi connectivity index (χ3v) is 4.55. The third kappa shape index (κ3) is 3.46. The highest BCUT2D eigenvalue weighted by Gasteiger charge is 2.22. The van der Waals surface area contributed by atoms with Crippen LogP contribution < -0.4 is 10.2 Å². The van der Waals surface area contributed by atoms with Crippen molar-refractivity contribution < 1.29 is 4.79 Å². The van der Waals surface area contributed by atoms with Gasteiger partial charge in [0.05, 0.1) is 11.2 Å². The number of anilines is 1. The largest absolute Gasteiger partial charge is 0.348 e. The quantitative estimate of drug-likeness (QED) is 0.933. The van der Waals surface area contributed by atoms with E-state index < -0.39 is 0 Å². The molecule has 2 aliphatic rings. The second kappa shape index (κ2) is 6.60. The van der Waals surface area contributed by atoms with E-state index in [1.54, 1.807) is 0 Å². The Morgan fingerprint density at radius 2 is 1.90 bits per heavy atom. The summed E-state index contributed by atoms with van der Waals surface area (Å²) >= 11 is 6.11. The number of hydrogen-bond acceptors (Lipinski definition) is 4. The molecule has 1 N–H and O–H groups in total. The molecule has 1 aromatic rings. The van der Waals surface area contributed by atoms with E-state index in [-0.39, 0.29) is 11.9 Å². The molecule has 0 bridgehead atoms. The molecule has 5 nitrogen and oxygen atoms in total. The van der Waals surface area contributed by atoms with Crippen LogP contribution in [0.2, 0.25) is 5.02 Å². The molecule has 0 spiro atoms. The van der Waals surface area contributed by atoms with Crippen LogP contribution in [0.15, 0.2) is 6.20 Å². The molecule has 0 unspecified atom stereocenters. The Morgan fingerprint density at radius 3 is 2.62 bits per heavy atom. The molecule has 0 radical (unpaired) electrons. The molecule has 1 aromatic heterocycles. The van der Waals surface area contributed by atoms with Gasteiger partial charge in [-0.05, 0) is 25.7 Å². The van der Waals surface area contributed by atoms with Gasteiger partial charge in [0.15, 0.2) is 5.69 Å². The second-order valence-electron chi connectivity index (χ2n) is 5.87. The van der Waals surface area contributed by atoms with Crippen molar-refractivity contribution in [3.05, 3.63) is 16.9 Å². The van der Waals surface area contributed by atoms with Crippen LogP contribution in [0.1, 0.15) is 55.4 Å². The first-order valence-electron chi connectivity index (χ1n) is 7.82. The summed E-state index contributed by atoms with van der Waals surface area (Å²) in [6, 6.07) is 0.257. The highest BCUT2D eigenvalue weighted by Crippen LogP contribution is 2.21. The zero-order valence-corrected chi connectivity index (χ0v) is 12.9. The maximum atomic E-state index is 12.4. The van der Waals surface area contributed by atoms with E-state index >= 15 is 0 Å². The first-order chi connectivity index (χ1) is 10.2. The summed E-state index contributed by atoms with van der Waals surface area (Å²) in [4.78, 5) is 23.1. The van der Waals surface area contributed by atoms with E-state index in [9.17, 15) is 4.79 Å². The van der Waals surface area contributed by atoms with Crippen molar-refractivity contribution in [1.82, 2.24) is 15.3 Å². The number of nitrogens with one attached hydrogen (secondary N) is 1. The van der Waals surface area contributed by atoms with Gasteiger partial charge in [-0.15, -0.1) is 0 Å². The van der Waals surface area contributed by atoms with Crippen LogP contribution in [-0.2, 0) is 0 Å². The molecule has 6 heteroatoms. The Labute approximate surface area is 130 Å². The van der Waals surface area contributed by atoms with Crippen molar-refractivity contribution in [3.63, 3.8) is 0 Å². The predicted molar refractivity (Wildman–Crippen MR) is 82.8 cm³/mol. The van der Waals surface area contributed by atoms with E-state index in [1.807, 2.05) is 0 Å². The van der Waals surface area contributed by atoms with Crippen molar-refractivity contribution in [2.75, 3.05) is 18.0 Å². The van der Waals surface area contributed by atoms with E-state index in [1.165, 1.54) is 25.5 Å². The molecule has 0 atom stereocenters. The zero-order valence-electron chi connectivity index (χ0n) is 12.1. The van der Waals surface area contributed by atoms with E-state index in [4.69, 9.17) is 11.6 Å². The van der Waals surface area contributed by atoms with Crippen molar-refractivity contribution in [2.24, 2.45) is 0 Å². The molecule has 3 rings (SSSR count). The lowest BCUT2D eigenvalue weighted by molar-refractivity contribution is 0.0922. The topological polar surface area (TPSA) is 58.1 Å². The summed E-state index contributed by atoms with van der Waals surface area (Å²) in [6.45, 7) is 1.90. The molecular formula is C15H21ClN4O. The standard InChI is InChI=1S/C15H21ClN4O/c16-12-10-17-15(20-8-4-5-9-20)19-13(12)14(21)18-11-6-2-1-3-7-11/h10-11H,1-9H2,(H,18,21). The van der Waals surface area contributed by atoms with Gasteiger partial charge in [-0.3, -0.25) is 4.79 Å². The zero-order chi connectivity index (χ0) is 14.7. The van der Waals surface area contributed by atoms with Gasteiger partial charge in [-0.2, -0.15) is 0 Å². The van der Waals surface area contributed by atoms with Crippen LogP contribution in [0, 0.1) is 0 Å². The Kier molecular flexibility index (Phi) is 4.58. The van der Waals surface area contributed by atoms with Gasteiger partial charge in [0.1, 0.15) is 0 Å². The number of carbonyl (C=O) groups is 1. The summed E-state index contributed by atoms with van der Waals surface area (Å²) in [5.41, 5.74) is 0.305. The minimum atomic E-state index is -0.172. The molecule has 2 heterocycles. The van der Waals surface area contributed by atoms with Gasteiger partial charge >= 0.3 is 0 Å². The number of carbonyl (C=O) groups excluding carboxylic acids is 1. The highest BCUT2D eigenvalue weighted by molar-refractivity contribution is 6.33. The van der Waals surface area contributed by atoms with Crippen LogP contribution >= 0.6 is 11.6 Å². The summed E-state index contributed by atoms with van der Waals surface area (Å²) in [5.74, 6) is 0.445. The van der Waals surface area contributed by atoms with Crippen LogP contribution in [0.3, 0.4) is 0 Å². The van der Waals surface area contributed by atoms with Gasteiger partial charge in [0.25, 0.3) is 5.91 Å². The number of halogens is 1. The molecule has 1 aliphatic carbocycles. The lowest BCUT2D eigenvalue weighted by Gasteiger charge is -2.23. The Balaban J connectivity index is 1.73. The average Bonchev–Trinajstić information content (AvgIpc) is 3.03. The molecule has 114 valence electrons. The summed E-state index contributed by atoms with van der Waals surface area (Å²) in [6.07, 6.45) is 9.56. The number of hydrogen-bond donors (Lipinski definition) is 1. The molecule has 0 aromatic carbocycles. The van der Waals surface area contributed by atoms with Crippen LogP contribution in [0.25, 0.3) is 0 Å².